The van der Waals surface area contributed by atoms with Crippen LogP contribution in [0.5, 0.6) is 0 Å². The van der Waals surface area contributed by atoms with Crippen LogP contribution in [0.3, 0.4) is 0 Å². The van der Waals surface area contributed by atoms with Gasteiger partial charge in [0.1, 0.15) is 11.6 Å². The van der Waals surface area contributed by atoms with Gasteiger partial charge in [0.25, 0.3) is 0 Å². The predicted octanol–water partition coefficient (Wildman–Crippen LogP) is 3.44. The van der Waals surface area contributed by atoms with Crippen LogP contribution in [-0.4, -0.2) is 42.1 Å². The van der Waals surface area contributed by atoms with Crippen LogP contribution in [0, 0.1) is 11.6 Å². The number of nitrogens with one attached hydrogen (secondary N) is 1. The summed E-state index contributed by atoms with van der Waals surface area (Å²) in [5.41, 5.74) is 0.702. The number of benzene rings is 1. The Morgan fingerprint density at radius 2 is 2.05 bits per heavy atom. The normalized spacial score (nSPS) is 21.4. The Morgan fingerprint density at radius 3 is 2.67 bits per heavy atom. The minimum atomic E-state index is -0.504. The molecule has 1 aliphatic heterocycles. The van der Waals surface area contributed by atoms with E-state index in [1.54, 1.807) is 0 Å². The van der Waals surface area contributed by atoms with Crippen molar-refractivity contribution in [2.75, 3.05) is 31.1 Å². The molecule has 2 unspecified atom stereocenters. The molecule has 5 heteroatoms. The van der Waals surface area contributed by atoms with E-state index < -0.39 is 11.6 Å². The summed E-state index contributed by atoms with van der Waals surface area (Å²) in [6.45, 7) is 7.10. The van der Waals surface area contributed by atoms with E-state index in [9.17, 15) is 8.78 Å². The molecule has 1 fully saturated rings. The van der Waals surface area contributed by atoms with Crippen LogP contribution in [-0.2, 0) is 0 Å². The minimum Gasteiger partial charge on any atom is -0.310 e. The summed E-state index contributed by atoms with van der Waals surface area (Å²) in [7, 11) is 0. The van der Waals surface area contributed by atoms with Crippen LogP contribution in [0.15, 0.2) is 18.2 Å². The lowest BCUT2D eigenvalue weighted by molar-refractivity contribution is 0.219. The third-order valence-electron chi connectivity index (χ3n) is 3.95. The largest absolute Gasteiger partial charge is 0.310 e. The standard InChI is InChI=1S/C16H24F2N2S/c1-3-19-16(13-8-14(17)10-15(18)9-13)4-5-20-6-7-21-11-12(20)2/h8-10,12,16,19H,3-7,11H2,1-2H3. The van der Waals surface area contributed by atoms with Gasteiger partial charge in [-0.15, -0.1) is 0 Å². The monoisotopic (exact) mass is 314 g/mol. The van der Waals surface area contributed by atoms with Crippen molar-refractivity contribution >= 4 is 11.8 Å². The zero-order chi connectivity index (χ0) is 15.2. The van der Waals surface area contributed by atoms with E-state index >= 15 is 0 Å². The molecule has 0 amide bonds. The molecular weight excluding hydrogens is 290 g/mol. The summed E-state index contributed by atoms with van der Waals surface area (Å²) >= 11 is 2.00. The lowest BCUT2D eigenvalue weighted by atomic mass is 10.0. The number of halogens is 2. The van der Waals surface area contributed by atoms with Gasteiger partial charge in [-0.05, 0) is 37.6 Å². The average molecular weight is 314 g/mol. The number of nitrogens with zero attached hydrogens (tertiary/aromatic N) is 1. The molecule has 2 nitrogen and oxygen atoms in total. The number of rotatable bonds is 6. The van der Waals surface area contributed by atoms with Gasteiger partial charge in [-0.2, -0.15) is 11.8 Å². The van der Waals surface area contributed by atoms with Crippen LogP contribution < -0.4 is 5.32 Å². The third-order valence-corrected chi connectivity index (χ3v) is 5.14. The highest BCUT2D eigenvalue weighted by atomic mass is 32.2. The molecule has 118 valence electrons. The first-order chi connectivity index (χ1) is 10.1. The summed E-state index contributed by atoms with van der Waals surface area (Å²) in [5, 5.41) is 3.34. The quantitative estimate of drug-likeness (QED) is 0.866. The van der Waals surface area contributed by atoms with Gasteiger partial charge in [-0.1, -0.05) is 6.92 Å². The lowest BCUT2D eigenvalue weighted by Gasteiger charge is -2.34. The van der Waals surface area contributed by atoms with Gasteiger partial charge < -0.3 is 5.32 Å². The molecule has 0 aliphatic carbocycles. The summed E-state index contributed by atoms with van der Waals surface area (Å²) in [5.74, 6) is 1.33. The van der Waals surface area contributed by atoms with Crippen molar-refractivity contribution in [1.29, 1.82) is 0 Å². The summed E-state index contributed by atoms with van der Waals surface area (Å²) in [6.07, 6.45) is 0.867. The van der Waals surface area contributed by atoms with Crippen LogP contribution >= 0.6 is 11.8 Å². The van der Waals surface area contributed by atoms with Gasteiger partial charge in [-0.25, -0.2) is 8.78 Å². The van der Waals surface area contributed by atoms with Gasteiger partial charge in [-0.3, -0.25) is 4.90 Å². The summed E-state index contributed by atoms with van der Waals surface area (Å²) in [6, 6.07) is 4.38. The molecule has 0 aromatic heterocycles. The van der Waals surface area contributed by atoms with E-state index in [4.69, 9.17) is 0 Å². The van der Waals surface area contributed by atoms with E-state index in [-0.39, 0.29) is 6.04 Å². The predicted molar refractivity (Wildman–Crippen MR) is 85.8 cm³/mol. The molecule has 0 spiro atoms. The Bertz CT molecular complexity index is 436. The highest BCUT2D eigenvalue weighted by Gasteiger charge is 2.20. The van der Waals surface area contributed by atoms with E-state index in [2.05, 4.69) is 17.1 Å². The maximum Gasteiger partial charge on any atom is 0.126 e. The van der Waals surface area contributed by atoms with Crippen molar-refractivity contribution in [1.82, 2.24) is 10.2 Å². The molecular formula is C16H24F2N2S. The number of hydrogen-bond donors (Lipinski definition) is 1. The van der Waals surface area contributed by atoms with Crippen molar-refractivity contribution < 1.29 is 8.78 Å². The molecule has 1 aromatic carbocycles. The molecule has 2 rings (SSSR count). The SMILES string of the molecule is CCNC(CCN1CCSCC1C)c1cc(F)cc(F)c1. The molecule has 0 radical (unpaired) electrons. The zero-order valence-corrected chi connectivity index (χ0v) is 13.6. The second kappa shape index (κ2) is 8.11. The Balaban J connectivity index is 2.01. The number of thioether (sulfide) groups is 1. The van der Waals surface area contributed by atoms with Crippen molar-refractivity contribution in [3.63, 3.8) is 0 Å². The van der Waals surface area contributed by atoms with Crippen molar-refractivity contribution in [3.8, 4) is 0 Å². The molecule has 1 aliphatic rings. The van der Waals surface area contributed by atoms with Crippen molar-refractivity contribution in [2.45, 2.75) is 32.4 Å². The first-order valence-electron chi connectivity index (χ1n) is 7.61. The van der Waals surface area contributed by atoms with Crippen molar-refractivity contribution in [3.05, 3.63) is 35.4 Å². The molecule has 1 heterocycles. The zero-order valence-electron chi connectivity index (χ0n) is 12.7. The smallest absolute Gasteiger partial charge is 0.126 e. The van der Waals surface area contributed by atoms with Crippen LogP contribution in [0.25, 0.3) is 0 Å². The third kappa shape index (κ3) is 4.94. The second-order valence-electron chi connectivity index (χ2n) is 5.56. The number of hydrogen-bond acceptors (Lipinski definition) is 3. The van der Waals surface area contributed by atoms with E-state index in [1.165, 1.54) is 23.6 Å². The molecule has 0 saturated carbocycles. The maximum atomic E-state index is 13.4. The van der Waals surface area contributed by atoms with Crippen LogP contribution in [0.4, 0.5) is 8.78 Å². The first kappa shape index (κ1) is 16.7. The lowest BCUT2D eigenvalue weighted by Crippen LogP contribution is -2.41. The van der Waals surface area contributed by atoms with E-state index in [0.717, 1.165) is 32.1 Å². The Kier molecular flexibility index (Phi) is 6.45. The first-order valence-corrected chi connectivity index (χ1v) is 8.76. The molecule has 1 aromatic rings. The topological polar surface area (TPSA) is 15.3 Å². The van der Waals surface area contributed by atoms with Crippen LogP contribution in [0.1, 0.15) is 31.9 Å². The molecule has 0 bridgehead atoms. The van der Waals surface area contributed by atoms with Gasteiger partial charge in [0, 0.05) is 42.7 Å². The van der Waals surface area contributed by atoms with E-state index in [0.29, 0.717) is 11.6 Å². The summed E-state index contributed by atoms with van der Waals surface area (Å²) in [4.78, 5) is 2.47. The summed E-state index contributed by atoms with van der Waals surface area (Å²) < 4.78 is 26.8. The Morgan fingerprint density at radius 1 is 1.33 bits per heavy atom. The Labute approximate surface area is 130 Å². The fourth-order valence-corrected chi connectivity index (χ4v) is 3.88. The van der Waals surface area contributed by atoms with Crippen LogP contribution in [0.2, 0.25) is 0 Å². The fourth-order valence-electron chi connectivity index (χ4n) is 2.80. The van der Waals surface area contributed by atoms with Gasteiger partial charge in [0.2, 0.25) is 0 Å². The molecule has 2 atom stereocenters. The minimum absolute atomic E-state index is 0.00183. The van der Waals surface area contributed by atoms with Crippen molar-refractivity contribution in [2.24, 2.45) is 0 Å². The maximum absolute atomic E-state index is 13.4. The Hall–Kier alpha value is -0.650. The molecule has 1 N–H and O–H groups in total. The second-order valence-corrected chi connectivity index (χ2v) is 6.71. The fraction of sp³-hybridized carbons (Fsp3) is 0.625. The highest BCUT2D eigenvalue weighted by Crippen LogP contribution is 2.22. The van der Waals surface area contributed by atoms with Gasteiger partial charge in [0.05, 0.1) is 0 Å². The molecule has 21 heavy (non-hydrogen) atoms. The van der Waals surface area contributed by atoms with Gasteiger partial charge in [0.15, 0.2) is 0 Å². The average Bonchev–Trinajstić information content (AvgIpc) is 2.44. The highest BCUT2D eigenvalue weighted by molar-refractivity contribution is 7.99. The van der Waals surface area contributed by atoms with Gasteiger partial charge >= 0.3 is 0 Å². The molecule has 1 saturated heterocycles. The van der Waals surface area contributed by atoms with E-state index in [1.807, 2.05) is 18.7 Å².